The van der Waals surface area contributed by atoms with E-state index in [2.05, 4.69) is 13.5 Å². The molecule has 0 aromatic carbocycles. The van der Waals surface area contributed by atoms with Crippen LogP contribution in [0.4, 0.5) is 0 Å². The Morgan fingerprint density at radius 2 is 1.21 bits per heavy atom. The van der Waals surface area contributed by atoms with Crippen molar-refractivity contribution in [3.8, 4) is 0 Å². The number of carbonyl (C=O) groups is 1. The van der Waals surface area contributed by atoms with E-state index >= 15 is 0 Å². The minimum Gasteiger partial charge on any atom is -0.432 e. The Labute approximate surface area is 330 Å². The number of ether oxygens (including phenoxy) is 6. The monoisotopic (exact) mass is 822 g/mol. The van der Waals surface area contributed by atoms with E-state index < -0.39 is 129 Å². The summed E-state index contributed by atoms with van der Waals surface area (Å²) in [5, 5.41) is 114. The SMILES string of the molecule is C=C1C[C@]23CCC4[C@](C)(CCC[C@@]4(C)C(=O)O[C@@H]4O[C@H](CO)[C@@H](O)[C@H](O)[C@H]4O)C2CC[C@]1(O[C@H]1O[C@H](CO)[C@@H](O)[C@H](O)[C@H]1O[C@@H]1O[C@H](CO)[C@@H](O)[C@H](O)[C@H]1O)C3.O. The highest BCUT2D eigenvalue weighted by molar-refractivity contribution is 5.77. The molecule has 3 aliphatic heterocycles. The lowest BCUT2D eigenvalue weighted by atomic mass is 9.41. The first-order valence-electron chi connectivity index (χ1n) is 19.9. The van der Waals surface area contributed by atoms with Gasteiger partial charge in [-0.15, -0.1) is 0 Å². The van der Waals surface area contributed by atoms with Crippen molar-refractivity contribution < 1.29 is 94.9 Å². The first kappa shape index (κ1) is 45.1. The molecule has 7 rings (SSSR count). The third-order valence-electron chi connectivity index (χ3n) is 15.0. The average molecular weight is 823 g/mol. The molecule has 1 spiro atoms. The molecule has 3 heterocycles. The molecule has 2 unspecified atom stereocenters. The molecule has 0 aromatic heterocycles. The van der Waals surface area contributed by atoms with Crippen molar-refractivity contribution in [2.75, 3.05) is 19.8 Å². The topological polar surface area (TPSA) is 326 Å². The molecule has 3 saturated heterocycles. The molecule has 328 valence electrons. The van der Waals surface area contributed by atoms with Gasteiger partial charge in [-0.05, 0) is 86.5 Å². The maximum Gasteiger partial charge on any atom is 0.314 e. The molecule has 0 amide bonds. The fraction of sp³-hybridized carbons (Fsp3) is 0.921. The van der Waals surface area contributed by atoms with Gasteiger partial charge in [-0.2, -0.15) is 0 Å². The summed E-state index contributed by atoms with van der Waals surface area (Å²) in [5.74, 6) is -0.591. The van der Waals surface area contributed by atoms with Crippen molar-refractivity contribution in [2.45, 2.75) is 169 Å². The summed E-state index contributed by atoms with van der Waals surface area (Å²) in [6.07, 6.45) is -17.8. The van der Waals surface area contributed by atoms with Crippen molar-refractivity contribution in [1.29, 1.82) is 0 Å². The van der Waals surface area contributed by atoms with Gasteiger partial charge in [0, 0.05) is 0 Å². The summed E-state index contributed by atoms with van der Waals surface area (Å²) in [5.41, 5.74) is -1.80. The van der Waals surface area contributed by atoms with Crippen LogP contribution in [0.15, 0.2) is 12.2 Å². The van der Waals surface area contributed by atoms with Gasteiger partial charge in [0.15, 0.2) is 12.6 Å². The highest BCUT2D eigenvalue weighted by Crippen LogP contribution is 2.73. The van der Waals surface area contributed by atoms with Crippen LogP contribution in [0.1, 0.15) is 71.6 Å². The Bertz CT molecular complexity index is 1450. The summed E-state index contributed by atoms with van der Waals surface area (Å²) in [4.78, 5) is 14.1. The van der Waals surface area contributed by atoms with Gasteiger partial charge in [-0.1, -0.05) is 19.9 Å². The van der Waals surface area contributed by atoms with Crippen LogP contribution in [0.3, 0.4) is 0 Å². The molecule has 4 aliphatic carbocycles. The van der Waals surface area contributed by atoms with Gasteiger partial charge in [0.2, 0.25) is 6.29 Å². The number of rotatable bonds is 9. The lowest BCUT2D eigenvalue weighted by molar-refractivity contribution is -0.378. The molecule has 2 bridgehead atoms. The molecular formula is C38H62O19. The minimum absolute atomic E-state index is 0. The Morgan fingerprint density at radius 3 is 1.81 bits per heavy atom. The average Bonchev–Trinajstić information content (AvgIpc) is 3.37. The molecule has 19 nitrogen and oxygen atoms in total. The van der Waals surface area contributed by atoms with Crippen LogP contribution in [0.2, 0.25) is 0 Å². The number of hydrogen-bond donors (Lipinski definition) is 11. The van der Waals surface area contributed by atoms with Crippen molar-refractivity contribution in [2.24, 2.45) is 28.1 Å². The number of hydrogen-bond acceptors (Lipinski definition) is 18. The number of aliphatic hydroxyl groups is 11. The summed E-state index contributed by atoms with van der Waals surface area (Å²) >= 11 is 0. The van der Waals surface area contributed by atoms with E-state index in [0.717, 1.165) is 18.4 Å². The maximum absolute atomic E-state index is 14.1. The van der Waals surface area contributed by atoms with Gasteiger partial charge in [-0.3, -0.25) is 4.79 Å². The molecule has 21 atom stereocenters. The number of carbonyl (C=O) groups excluding carboxylic acids is 1. The van der Waals surface area contributed by atoms with Crippen LogP contribution in [0.5, 0.6) is 0 Å². The van der Waals surface area contributed by atoms with Crippen molar-refractivity contribution >= 4 is 5.97 Å². The van der Waals surface area contributed by atoms with Crippen LogP contribution in [-0.2, 0) is 33.2 Å². The Hall–Kier alpha value is -1.47. The zero-order chi connectivity index (χ0) is 40.7. The van der Waals surface area contributed by atoms with Gasteiger partial charge in [0.1, 0.15) is 73.2 Å². The molecule has 4 saturated carbocycles. The van der Waals surface area contributed by atoms with Crippen LogP contribution in [0.25, 0.3) is 0 Å². The lowest BCUT2D eigenvalue weighted by Crippen LogP contribution is -2.65. The third-order valence-corrected chi connectivity index (χ3v) is 15.0. The number of esters is 1. The normalized spacial score (nSPS) is 53.6. The minimum atomic E-state index is -1.81. The van der Waals surface area contributed by atoms with E-state index in [4.69, 9.17) is 28.4 Å². The predicted octanol–water partition coefficient (Wildman–Crippen LogP) is -3.76. The zero-order valence-electron chi connectivity index (χ0n) is 32.3. The van der Waals surface area contributed by atoms with Crippen molar-refractivity contribution in [1.82, 2.24) is 0 Å². The van der Waals surface area contributed by atoms with Crippen LogP contribution in [0, 0.1) is 28.1 Å². The van der Waals surface area contributed by atoms with Crippen LogP contribution < -0.4 is 0 Å². The first-order chi connectivity index (χ1) is 26.4. The van der Waals surface area contributed by atoms with E-state index in [0.29, 0.717) is 44.9 Å². The molecule has 19 heteroatoms. The molecule has 0 aromatic rings. The Kier molecular flexibility index (Phi) is 13.0. The molecule has 0 radical (unpaired) electrons. The lowest BCUT2D eigenvalue weighted by Gasteiger charge is -2.64. The maximum atomic E-state index is 14.1. The summed E-state index contributed by atoms with van der Waals surface area (Å²) < 4.78 is 35.6. The molecular weight excluding hydrogens is 760 g/mol. The number of fused-ring (bicyclic) bond motifs is 3. The van der Waals surface area contributed by atoms with Gasteiger partial charge >= 0.3 is 5.97 Å². The molecule has 7 aliphatic rings. The third kappa shape index (κ3) is 7.20. The zero-order valence-corrected chi connectivity index (χ0v) is 32.3. The van der Waals surface area contributed by atoms with Gasteiger partial charge in [0.05, 0.1) is 30.8 Å². The van der Waals surface area contributed by atoms with E-state index in [9.17, 15) is 61.0 Å². The summed E-state index contributed by atoms with van der Waals surface area (Å²) in [7, 11) is 0. The highest BCUT2D eigenvalue weighted by Gasteiger charge is 2.69. The second-order valence-corrected chi connectivity index (χ2v) is 18.0. The van der Waals surface area contributed by atoms with Gasteiger partial charge < -0.3 is 90.1 Å². The fourth-order valence-corrected chi connectivity index (χ4v) is 12.0. The van der Waals surface area contributed by atoms with E-state index in [1.54, 1.807) is 0 Å². The quantitative estimate of drug-likeness (QED) is 0.0604. The van der Waals surface area contributed by atoms with Gasteiger partial charge in [-0.25, -0.2) is 0 Å². The fourth-order valence-electron chi connectivity index (χ4n) is 12.0. The second-order valence-electron chi connectivity index (χ2n) is 18.0. The van der Waals surface area contributed by atoms with Crippen LogP contribution >= 0.6 is 0 Å². The predicted molar refractivity (Wildman–Crippen MR) is 190 cm³/mol. The first-order valence-corrected chi connectivity index (χ1v) is 19.9. The Morgan fingerprint density at radius 1 is 0.684 bits per heavy atom. The van der Waals surface area contributed by atoms with Gasteiger partial charge in [0.25, 0.3) is 0 Å². The number of aliphatic hydroxyl groups excluding tert-OH is 11. The molecule has 7 fully saturated rings. The molecule has 13 N–H and O–H groups in total. The van der Waals surface area contributed by atoms with Crippen LogP contribution in [-0.4, -0.2) is 185 Å². The standard InChI is InChI=1S/C38H60O18.H2O/c1-16-11-37-9-5-20-35(2,7-4-8-36(20,3)34(50)55-32-29(49)26(46)23(43)18(13-40)52-32)21(37)6-10-38(16,15-37)56-33-30(27(47)24(44)19(14-41)53-33)54-31-28(48)25(45)22(42)17(12-39)51-31;/h17-33,39-49H,1,4-15H2,2-3H3;1H2/t17-,18-,19-,20?,21?,22-,23-,24-,25+,26+,27+,28-,29-,30-,31+,32+,33-,35+,36-,37+,38+;/m1./s1. The molecule has 57 heavy (non-hydrogen) atoms. The summed E-state index contributed by atoms with van der Waals surface area (Å²) in [6.45, 7) is 6.52. The smallest absolute Gasteiger partial charge is 0.314 e. The van der Waals surface area contributed by atoms with Crippen molar-refractivity contribution in [3.05, 3.63) is 12.2 Å². The van der Waals surface area contributed by atoms with E-state index in [1.807, 2.05) is 6.92 Å². The Balaban J connectivity index is 0.00000549. The van der Waals surface area contributed by atoms with E-state index in [1.165, 1.54) is 0 Å². The summed E-state index contributed by atoms with van der Waals surface area (Å²) in [6, 6.07) is 0. The van der Waals surface area contributed by atoms with E-state index in [-0.39, 0.29) is 28.1 Å². The van der Waals surface area contributed by atoms with Crippen molar-refractivity contribution in [3.63, 3.8) is 0 Å². The largest absolute Gasteiger partial charge is 0.432 e. The highest BCUT2D eigenvalue weighted by atomic mass is 16.8. The second kappa shape index (κ2) is 16.4.